The fraction of sp³-hybridized carbons (Fsp3) is 0.250. The van der Waals surface area contributed by atoms with Crippen molar-refractivity contribution >= 4 is 27.5 Å². The van der Waals surface area contributed by atoms with Gasteiger partial charge in [0.05, 0.1) is 0 Å². The van der Waals surface area contributed by atoms with Crippen LogP contribution in [0.25, 0.3) is 0 Å². The number of rotatable bonds is 4. The molecule has 2 rings (SSSR count). The zero-order chi connectivity index (χ0) is 14.7. The second-order valence-electron chi connectivity index (χ2n) is 4.83. The first-order valence-electron chi connectivity index (χ1n) is 6.44. The number of hydrogen-bond acceptors (Lipinski definition) is 1. The maximum Gasteiger partial charge on any atom is 0.124 e. The number of hydrogen-bond donors (Lipinski definition) is 1. The second-order valence-corrected chi connectivity index (χ2v) is 6.12. The summed E-state index contributed by atoms with van der Waals surface area (Å²) >= 11 is 9.41. The predicted octanol–water partition coefficient (Wildman–Crippen LogP) is 5.65. The van der Waals surface area contributed by atoms with Crippen LogP contribution < -0.4 is 5.32 Å². The number of benzene rings is 2. The lowest BCUT2D eigenvalue weighted by atomic mass is 10.0. The summed E-state index contributed by atoms with van der Waals surface area (Å²) in [5.74, 6) is -0.240. The van der Waals surface area contributed by atoms with E-state index in [2.05, 4.69) is 35.1 Å². The van der Waals surface area contributed by atoms with E-state index in [0.29, 0.717) is 0 Å². The predicted molar refractivity (Wildman–Crippen MR) is 85.5 cm³/mol. The minimum atomic E-state index is -0.240. The molecule has 0 aliphatic heterocycles. The fourth-order valence-corrected chi connectivity index (χ4v) is 3.08. The summed E-state index contributed by atoms with van der Waals surface area (Å²) in [6.45, 7) is 4.14. The Labute approximate surface area is 132 Å². The molecule has 2 aromatic carbocycles. The SMILES string of the molecule is CC(N[C@H](C)c1cccc(Cl)c1)c1ccc(F)cc1Br. The van der Waals surface area contributed by atoms with Crippen LogP contribution in [0.4, 0.5) is 4.39 Å². The third-order valence-electron chi connectivity index (χ3n) is 3.28. The van der Waals surface area contributed by atoms with Crippen molar-refractivity contribution in [3.05, 3.63) is 68.9 Å². The van der Waals surface area contributed by atoms with Crippen LogP contribution in [-0.4, -0.2) is 0 Å². The van der Waals surface area contributed by atoms with Gasteiger partial charge in [0.1, 0.15) is 5.82 Å². The first-order valence-corrected chi connectivity index (χ1v) is 7.61. The molecule has 0 fully saturated rings. The van der Waals surface area contributed by atoms with Gasteiger partial charge in [-0.3, -0.25) is 0 Å². The summed E-state index contributed by atoms with van der Waals surface area (Å²) in [6.07, 6.45) is 0. The average Bonchev–Trinajstić information content (AvgIpc) is 2.38. The summed E-state index contributed by atoms with van der Waals surface area (Å²) in [5.41, 5.74) is 2.16. The molecule has 4 heteroatoms. The summed E-state index contributed by atoms with van der Waals surface area (Å²) in [5, 5.41) is 4.22. The van der Waals surface area contributed by atoms with Crippen LogP contribution in [0.3, 0.4) is 0 Å². The Hall–Kier alpha value is -0.900. The van der Waals surface area contributed by atoms with Gasteiger partial charge >= 0.3 is 0 Å². The Balaban J connectivity index is 2.12. The topological polar surface area (TPSA) is 12.0 Å². The Kier molecular flexibility index (Phi) is 5.19. The van der Waals surface area contributed by atoms with Crippen molar-refractivity contribution in [2.24, 2.45) is 0 Å². The first-order chi connectivity index (χ1) is 9.47. The Bertz CT molecular complexity index is 603. The molecule has 2 atom stereocenters. The molecule has 1 nitrogen and oxygen atoms in total. The molecule has 106 valence electrons. The van der Waals surface area contributed by atoms with Crippen LogP contribution in [0.15, 0.2) is 46.9 Å². The lowest BCUT2D eigenvalue weighted by Gasteiger charge is -2.22. The van der Waals surface area contributed by atoms with E-state index in [9.17, 15) is 4.39 Å². The Morgan fingerprint density at radius 3 is 2.50 bits per heavy atom. The summed E-state index contributed by atoms with van der Waals surface area (Å²) < 4.78 is 13.9. The van der Waals surface area contributed by atoms with E-state index >= 15 is 0 Å². The minimum absolute atomic E-state index is 0.0963. The van der Waals surface area contributed by atoms with E-state index in [4.69, 9.17) is 11.6 Å². The third kappa shape index (κ3) is 3.81. The molecule has 1 unspecified atom stereocenters. The molecule has 0 saturated carbocycles. The molecule has 20 heavy (non-hydrogen) atoms. The van der Waals surface area contributed by atoms with E-state index in [1.165, 1.54) is 12.1 Å². The van der Waals surface area contributed by atoms with Crippen LogP contribution in [0, 0.1) is 5.82 Å². The average molecular weight is 357 g/mol. The van der Waals surface area contributed by atoms with Gasteiger partial charge in [-0.15, -0.1) is 0 Å². The maximum atomic E-state index is 13.1. The quantitative estimate of drug-likeness (QED) is 0.746. The van der Waals surface area contributed by atoms with E-state index in [1.807, 2.05) is 24.3 Å². The van der Waals surface area contributed by atoms with Crippen molar-refractivity contribution in [1.82, 2.24) is 5.32 Å². The molecule has 0 bridgehead atoms. The van der Waals surface area contributed by atoms with Gasteiger partial charge in [0.2, 0.25) is 0 Å². The van der Waals surface area contributed by atoms with Crippen molar-refractivity contribution in [1.29, 1.82) is 0 Å². The van der Waals surface area contributed by atoms with E-state index < -0.39 is 0 Å². The van der Waals surface area contributed by atoms with E-state index in [-0.39, 0.29) is 17.9 Å². The van der Waals surface area contributed by atoms with Gasteiger partial charge in [-0.25, -0.2) is 4.39 Å². The van der Waals surface area contributed by atoms with Crippen LogP contribution >= 0.6 is 27.5 Å². The van der Waals surface area contributed by atoms with Crippen molar-refractivity contribution in [2.45, 2.75) is 25.9 Å². The highest BCUT2D eigenvalue weighted by molar-refractivity contribution is 9.10. The highest BCUT2D eigenvalue weighted by atomic mass is 79.9. The maximum absolute atomic E-state index is 13.1. The molecule has 0 saturated heterocycles. The van der Waals surface area contributed by atoms with Gasteiger partial charge in [0.25, 0.3) is 0 Å². The van der Waals surface area contributed by atoms with Gasteiger partial charge < -0.3 is 5.32 Å². The first kappa shape index (κ1) is 15.5. The van der Waals surface area contributed by atoms with Gasteiger partial charge in [0, 0.05) is 21.6 Å². The largest absolute Gasteiger partial charge is 0.304 e. The van der Waals surface area contributed by atoms with Crippen LogP contribution in [-0.2, 0) is 0 Å². The molecule has 1 N–H and O–H groups in total. The molecule has 0 amide bonds. The van der Waals surface area contributed by atoms with Gasteiger partial charge in [-0.2, -0.15) is 0 Å². The zero-order valence-corrected chi connectivity index (χ0v) is 13.7. The van der Waals surface area contributed by atoms with Crippen LogP contribution in [0.2, 0.25) is 5.02 Å². The fourth-order valence-electron chi connectivity index (χ4n) is 2.19. The molecule has 0 aliphatic rings. The molecule has 0 radical (unpaired) electrons. The summed E-state index contributed by atoms with van der Waals surface area (Å²) in [4.78, 5) is 0. The summed E-state index contributed by atoms with van der Waals surface area (Å²) in [6, 6.07) is 12.8. The minimum Gasteiger partial charge on any atom is -0.304 e. The van der Waals surface area contributed by atoms with Gasteiger partial charge in [0.15, 0.2) is 0 Å². The monoisotopic (exact) mass is 355 g/mol. The molecular formula is C16H16BrClFN. The Morgan fingerprint density at radius 1 is 1.10 bits per heavy atom. The highest BCUT2D eigenvalue weighted by Crippen LogP contribution is 2.27. The normalized spacial score (nSPS) is 14.1. The van der Waals surface area contributed by atoms with Gasteiger partial charge in [-0.05, 0) is 49.2 Å². The van der Waals surface area contributed by atoms with Crippen molar-refractivity contribution in [2.75, 3.05) is 0 Å². The van der Waals surface area contributed by atoms with E-state index in [0.717, 1.165) is 20.6 Å². The molecule has 0 aromatic heterocycles. The zero-order valence-electron chi connectivity index (χ0n) is 11.3. The third-order valence-corrected chi connectivity index (χ3v) is 4.20. The second kappa shape index (κ2) is 6.70. The van der Waals surface area contributed by atoms with E-state index in [1.54, 1.807) is 6.07 Å². The van der Waals surface area contributed by atoms with Crippen molar-refractivity contribution in [3.8, 4) is 0 Å². The Morgan fingerprint density at radius 2 is 1.85 bits per heavy atom. The van der Waals surface area contributed by atoms with Crippen LogP contribution in [0.5, 0.6) is 0 Å². The summed E-state index contributed by atoms with van der Waals surface area (Å²) in [7, 11) is 0. The molecule has 0 heterocycles. The smallest absolute Gasteiger partial charge is 0.124 e. The van der Waals surface area contributed by atoms with Gasteiger partial charge in [-0.1, -0.05) is 45.7 Å². The molecule has 0 spiro atoms. The lowest BCUT2D eigenvalue weighted by Crippen LogP contribution is -2.22. The van der Waals surface area contributed by atoms with Crippen molar-refractivity contribution < 1.29 is 4.39 Å². The molecule has 2 aromatic rings. The molecule has 0 aliphatic carbocycles. The lowest BCUT2D eigenvalue weighted by molar-refractivity contribution is 0.492. The molecular weight excluding hydrogens is 341 g/mol. The van der Waals surface area contributed by atoms with Crippen LogP contribution in [0.1, 0.15) is 37.1 Å². The number of nitrogens with one attached hydrogen (secondary N) is 1. The van der Waals surface area contributed by atoms with Crippen molar-refractivity contribution in [3.63, 3.8) is 0 Å². The number of halogens is 3. The highest BCUT2D eigenvalue weighted by Gasteiger charge is 2.14. The standard InChI is InChI=1S/C16H16BrClFN/c1-10(12-4-3-5-13(18)8-12)20-11(2)15-7-6-14(19)9-16(15)17/h3-11,20H,1-2H3/t10-,11?/m1/s1.